The number of benzene rings is 1. The quantitative estimate of drug-likeness (QED) is 0.383. The second-order valence-corrected chi connectivity index (χ2v) is 11.6. The molecule has 3 fully saturated rings. The molecule has 0 radical (unpaired) electrons. The van der Waals surface area contributed by atoms with Crippen LogP contribution in [0.4, 0.5) is 10.5 Å². The van der Waals surface area contributed by atoms with Crippen LogP contribution < -0.4 is 30.9 Å². The molecule has 4 heterocycles. The highest BCUT2D eigenvalue weighted by molar-refractivity contribution is 8.04. The first-order valence-corrected chi connectivity index (χ1v) is 14.5. The maximum absolute atomic E-state index is 13.6. The first-order chi connectivity index (χ1) is 19.4. The third-order valence-corrected chi connectivity index (χ3v) is 9.34. The highest BCUT2D eigenvalue weighted by Crippen LogP contribution is 2.48. The molecule has 5 atom stereocenters. The van der Waals surface area contributed by atoms with E-state index >= 15 is 0 Å². The molecule has 1 aromatic carbocycles. The molecule has 0 bridgehead atoms. The second kappa shape index (κ2) is 11.0. The molecular weight excluding hydrogens is 528 g/mol. The predicted molar refractivity (Wildman–Crippen MR) is 153 cm³/mol. The summed E-state index contributed by atoms with van der Waals surface area (Å²) in [5.41, 5.74) is 2.40. The lowest BCUT2D eigenvalue weighted by Gasteiger charge is -2.46. The summed E-state index contributed by atoms with van der Waals surface area (Å²) in [4.78, 5) is 45.6. The molecule has 11 heteroatoms. The zero-order chi connectivity index (χ0) is 27.8. The van der Waals surface area contributed by atoms with Crippen molar-refractivity contribution in [2.75, 3.05) is 11.4 Å². The van der Waals surface area contributed by atoms with Gasteiger partial charge in [-0.3, -0.25) is 14.5 Å². The van der Waals surface area contributed by atoms with E-state index in [0.29, 0.717) is 22.2 Å². The number of nitrogens with zero attached hydrogens (tertiary/aromatic N) is 2. The lowest BCUT2D eigenvalue weighted by molar-refractivity contribution is -0.119. The number of nitrogens with one attached hydrogen (secondary N) is 4. The van der Waals surface area contributed by atoms with Gasteiger partial charge in [-0.25, -0.2) is 9.78 Å². The van der Waals surface area contributed by atoms with Gasteiger partial charge < -0.3 is 26.0 Å². The van der Waals surface area contributed by atoms with Gasteiger partial charge in [0.25, 0.3) is 5.91 Å². The number of ether oxygens (including phenoxy) is 1. The van der Waals surface area contributed by atoms with Crippen molar-refractivity contribution in [3.05, 3.63) is 71.4 Å². The topological polar surface area (TPSA) is 125 Å². The monoisotopic (exact) mass is 560 g/mol. The summed E-state index contributed by atoms with van der Waals surface area (Å²) in [6.07, 6.45) is 6.18. The standard InChI is InChI=1S/C29H32N6O4S/c1-3-22(36)32-18-7-6-8-19(18)33-27(37)26-25-24-21(12-14-31-28(24)40-26)35(29(38)34-25)20-11-10-17(15-16(20)2)39-23-9-4-5-13-30-23/h3-5,9-11,13,15,18-19,21,24,28,31H,1,6-8,12,14H2,2H3,(H,32,36)(H,33,37)(H,34,38)/t18-,19+,21?,24?,28?/m0/s1. The van der Waals surface area contributed by atoms with Gasteiger partial charge in [-0.05, 0) is 75.1 Å². The summed E-state index contributed by atoms with van der Waals surface area (Å²) < 4.78 is 5.89. The largest absolute Gasteiger partial charge is 0.439 e. The van der Waals surface area contributed by atoms with E-state index in [0.717, 1.165) is 43.5 Å². The highest BCUT2D eigenvalue weighted by atomic mass is 32.2. The summed E-state index contributed by atoms with van der Waals surface area (Å²) in [6, 6.07) is 10.5. The number of aromatic nitrogens is 1. The van der Waals surface area contributed by atoms with E-state index in [1.165, 1.54) is 17.8 Å². The minimum atomic E-state index is -0.247. The van der Waals surface area contributed by atoms with Gasteiger partial charge in [0, 0.05) is 41.6 Å². The van der Waals surface area contributed by atoms with E-state index in [-0.39, 0.29) is 47.3 Å². The number of piperidine rings is 1. The van der Waals surface area contributed by atoms with Crippen molar-refractivity contribution in [3.63, 3.8) is 0 Å². The number of thioether (sulfide) groups is 1. The summed E-state index contributed by atoms with van der Waals surface area (Å²) in [7, 11) is 0. The summed E-state index contributed by atoms with van der Waals surface area (Å²) in [5.74, 6) is 0.641. The van der Waals surface area contributed by atoms with Gasteiger partial charge in [-0.15, -0.1) is 0 Å². The molecule has 4 amide bonds. The predicted octanol–water partition coefficient (Wildman–Crippen LogP) is 3.31. The normalized spacial score (nSPS) is 27.1. The Bertz CT molecular complexity index is 1380. The fraction of sp³-hybridized carbons (Fsp3) is 0.379. The molecule has 208 valence electrons. The van der Waals surface area contributed by atoms with Crippen LogP contribution in [-0.4, -0.2) is 52.9 Å². The number of urea groups is 1. The number of hydrogen-bond donors (Lipinski definition) is 4. The molecule has 2 saturated heterocycles. The molecule has 6 rings (SSSR count). The van der Waals surface area contributed by atoms with Gasteiger partial charge in [-0.2, -0.15) is 0 Å². The molecule has 10 nitrogen and oxygen atoms in total. The molecular formula is C29H32N6O4S. The van der Waals surface area contributed by atoms with Crippen molar-refractivity contribution in [1.82, 2.24) is 26.3 Å². The third-order valence-electron chi connectivity index (χ3n) is 7.98. The van der Waals surface area contributed by atoms with Crippen LogP contribution in [0.5, 0.6) is 11.6 Å². The maximum atomic E-state index is 13.6. The van der Waals surface area contributed by atoms with E-state index in [4.69, 9.17) is 4.74 Å². The van der Waals surface area contributed by atoms with Crippen LogP contribution in [0, 0.1) is 12.8 Å². The summed E-state index contributed by atoms with van der Waals surface area (Å²) in [6.45, 7) is 6.22. The molecule has 0 spiro atoms. The fourth-order valence-corrected chi connectivity index (χ4v) is 7.57. The molecule has 4 N–H and O–H groups in total. The molecule has 4 aliphatic rings. The number of amides is 4. The fourth-order valence-electron chi connectivity index (χ4n) is 6.17. The van der Waals surface area contributed by atoms with Gasteiger partial charge in [0.15, 0.2) is 0 Å². The van der Waals surface area contributed by atoms with Crippen LogP contribution in [0.25, 0.3) is 0 Å². The van der Waals surface area contributed by atoms with Crippen LogP contribution in [-0.2, 0) is 9.59 Å². The lowest BCUT2D eigenvalue weighted by Crippen LogP contribution is -2.62. The first-order valence-electron chi connectivity index (χ1n) is 13.6. The smallest absolute Gasteiger partial charge is 0.326 e. The Labute approximate surface area is 237 Å². The molecule has 40 heavy (non-hydrogen) atoms. The Morgan fingerprint density at radius 1 is 1.18 bits per heavy atom. The van der Waals surface area contributed by atoms with Gasteiger partial charge in [0.1, 0.15) is 5.75 Å². The van der Waals surface area contributed by atoms with E-state index in [9.17, 15) is 14.4 Å². The Morgan fingerprint density at radius 3 is 2.75 bits per heavy atom. The Hall–Kier alpha value is -3.83. The number of anilines is 1. The molecule has 1 aromatic heterocycles. The van der Waals surface area contributed by atoms with E-state index in [2.05, 4.69) is 32.8 Å². The van der Waals surface area contributed by atoms with Crippen LogP contribution in [0.15, 0.2) is 65.9 Å². The maximum Gasteiger partial charge on any atom is 0.326 e. The van der Waals surface area contributed by atoms with E-state index < -0.39 is 0 Å². The van der Waals surface area contributed by atoms with Crippen molar-refractivity contribution in [2.24, 2.45) is 5.92 Å². The number of aryl methyl sites for hydroxylation is 1. The second-order valence-electron chi connectivity index (χ2n) is 10.5. The summed E-state index contributed by atoms with van der Waals surface area (Å²) >= 11 is 1.47. The average molecular weight is 561 g/mol. The van der Waals surface area contributed by atoms with Gasteiger partial charge >= 0.3 is 6.03 Å². The number of carbonyl (C=O) groups is 3. The minimum absolute atomic E-state index is 0.0236. The number of rotatable bonds is 7. The third kappa shape index (κ3) is 4.95. The minimum Gasteiger partial charge on any atom is -0.439 e. The first kappa shape index (κ1) is 26.4. The van der Waals surface area contributed by atoms with Gasteiger partial charge in [0.05, 0.1) is 16.3 Å². The van der Waals surface area contributed by atoms with Crippen molar-refractivity contribution in [1.29, 1.82) is 0 Å². The Balaban J connectivity index is 1.22. The number of carbonyl (C=O) groups excluding carboxylic acids is 3. The van der Waals surface area contributed by atoms with Crippen molar-refractivity contribution >= 4 is 35.3 Å². The zero-order valence-corrected chi connectivity index (χ0v) is 23.0. The van der Waals surface area contributed by atoms with Crippen molar-refractivity contribution in [2.45, 2.75) is 56.1 Å². The van der Waals surface area contributed by atoms with Crippen LogP contribution >= 0.6 is 11.8 Å². The SMILES string of the molecule is C=CC(=O)N[C@H]1CCC[C@H]1NC(=O)C1=C2NC(=O)N(c3ccc(Oc4ccccn4)cc3C)C3CCNC(S1)C23. The molecule has 2 aromatic rings. The Morgan fingerprint density at radius 2 is 2.00 bits per heavy atom. The molecule has 3 unspecified atom stereocenters. The Kier molecular flexibility index (Phi) is 7.24. The number of hydrogen-bond acceptors (Lipinski definition) is 7. The van der Waals surface area contributed by atoms with Crippen LogP contribution in [0.1, 0.15) is 31.2 Å². The van der Waals surface area contributed by atoms with Gasteiger partial charge in [-0.1, -0.05) is 24.4 Å². The summed E-state index contributed by atoms with van der Waals surface area (Å²) in [5, 5.41) is 12.6. The highest BCUT2D eigenvalue weighted by Gasteiger charge is 2.52. The molecule has 1 aliphatic carbocycles. The van der Waals surface area contributed by atoms with E-state index in [1.807, 2.05) is 42.2 Å². The van der Waals surface area contributed by atoms with Crippen LogP contribution in [0.3, 0.4) is 0 Å². The zero-order valence-electron chi connectivity index (χ0n) is 22.2. The van der Waals surface area contributed by atoms with Gasteiger partial charge in [0.2, 0.25) is 11.8 Å². The lowest BCUT2D eigenvalue weighted by atomic mass is 9.86. The molecule has 3 aliphatic heterocycles. The average Bonchev–Trinajstić information content (AvgIpc) is 3.55. The van der Waals surface area contributed by atoms with Crippen molar-refractivity contribution < 1.29 is 19.1 Å². The van der Waals surface area contributed by atoms with Crippen molar-refractivity contribution in [3.8, 4) is 11.6 Å². The number of pyridine rings is 1. The van der Waals surface area contributed by atoms with E-state index in [1.54, 1.807) is 12.3 Å². The van der Waals surface area contributed by atoms with Crippen LogP contribution in [0.2, 0.25) is 0 Å². The molecule has 1 saturated carbocycles.